The second kappa shape index (κ2) is 4.21. The summed E-state index contributed by atoms with van der Waals surface area (Å²) in [6.07, 6.45) is 2.55. The van der Waals surface area contributed by atoms with E-state index >= 15 is 0 Å². The third-order valence-electron chi connectivity index (χ3n) is 1.72. The van der Waals surface area contributed by atoms with E-state index in [1.54, 1.807) is 18.6 Å². The normalized spacial score (nSPS) is 10.2. The highest BCUT2D eigenvalue weighted by atomic mass is 19.1. The van der Waals surface area contributed by atoms with Crippen molar-refractivity contribution in [3.63, 3.8) is 0 Å². The van der Waals surface area contributed by atoms with Gasteiger partial charge in [-0.15, -0.1) is 0 Å². The van der Waals surface area contributed by atoms with Crippen LogP contribution in [0.5, 0.6) is 0 Å². The van der Waals surface area contributed by atoms with E-state index in [0.717, 1.165) is 6.42 Å². The van der Waals surface area contributed by atoms with E-state index in [1.807, 2.05) is 6.92 Å². The van der Waals surface area contributed by atoms with Crippen LogP contribution in [-0.2, 0) is 6.61 Å². The van der Waals surface area contributed by atoms with Gasteiger partial charge in [0, 0.05) is 0 Å². The predicted molar refractivity (Wildman–Crippen MR) is 46.0 cm³/mol. The van der Waals surface area contributed by atoms with Gasteiger partial charge in [0.25, 0.3) is 0 Å². The molecule has 1 rings (SSSR count). The minimum absolute atomic E-state index is 0.108. The lowest BCUT2D eigenvalue weighted by Gasteiger charge is -2.05. The Bertz CT molecular complexity index is 258. The molecule has 1 aromatic carbocycles. The molecule has 0 unspecified atom stereocenters. The van der Waals surface area contributed by atoms with Crippen molar-refractivity contribution in [2.24, 2.45) is 0 Å². The van der Waals surface area contributed by atoms with E-state index in [9.17, 15) is 4.39 Å². The van der Waals surface area contributed by atoms with Crippen molar-refractivity contribution in [1.82, 2.24) is 0 Å². The van der Waals surface area contributed by atoms with E-state index in [0.29, 0.717) is 11.1 Å². The van der Waals surface area contributed by atoms with Crippen molar-refractivity contribution < 1.29 is 9.50 Å². The summed E-state index contributed by atoms with van der Waals surface area (Å²) in [6.45, 7) is 1.83. The monoisotopic (exact) mass is 167 g/mol. The Kier molecular flexibility index (Phi) is 3.23. The van der Waals surface area contributed by atoms with Crippen LogP contribution in [-0.4, -0.2) is 5.11 Å². The van der Waals surface area contributed by atoms with Crippen molar-refractivity contribution in [1.29, 1.82) is 0 Å². The van der Waals surface area contributed by atoms with Gasteiger partial charge in [0.15, 0.2) is 0 Å². The summed E-state index contributed by atoms with van der Waals surface area (Å²) in [6, 6.07) is 4.74. The molecule has 0 aromatic heterocycles. The molecule has 0 atom stereocenters. The molecule has 0 aliphatic heterocycles. The number of halogens is 1. The van der Waals surface area contributed by atoms with Gasteiger partial charge < -0.3 is 5.11 Å². The quantitative estimate of drug-likeness (QED) is 0.732. The van der Waals surface area contributed by atoms with Crippen molar-refractivity contribution in [2.45, 2.75) is 20.0 Å². The molecule has 2 heteroatoms. The SMILES string of the molecule is CC[CH]c1c(F)cccc1CO. The Balaban J connectivity index is 3.02. The van der Waals surface area contributed by atoms with E-state index < -0.39 is 0 Å². The van der Waals surface area contributed by atoms with Gasteiger partial charge in [-0.25, -0.2) is 4.39 Å². The minimum atomic E-state index is -0.261. The van der Waals surface area contributed by atoms with E-state index in [4.69, 9.17) is 5.11 Å². The van der Waals surface area contributed by atoms with Crippen molar-refractivity contribution in [3.8, 4) is 0 Å². The first-order valence-electron chi connectivity index (χ1n) is 4.01. The Morgan fingerprint density at radius 3 is 2.83 bits per heavy atom. The van der Waals surface area contributed by atoms with E-state index in [2.05, 4.69) is 0 Å². The first-order chi connectivity index (χ1) is 5.79. The standard InChI is InChI=1S/C10H12FO/c1-2-4-9-8(7-12)5-3-6-10(9)11/h3-6,12H,2,7H2,1H3. The van der Waals surface area contributed by atoms with Crippen molar-refractivity contribution in [2.75, 3.05) is 0 Å². The number of rotatable bonds is 3. The molecular formula is C10H12FO. The third kappa shape index (κ3) is 1.83. The molecule has 0 spiro atoms. The zero-order chi connectivity index (χ0) is 8.97. The molecule has 0 fully saturated rings. The van der Waals surface area contributed by atoms with Crippen LogP contribution in [0.4, 0.5) is 4.39 Å². The van der Waals surface area contributed by atoms with Crippen LogP contribution < -0.4 is 0 Å². The summed E-state index contributed by atoms with van der Waals surface area (Å²) in [5.74, 6) is -0.261. The smallest absolute Gasteiger partial charge is 0.127 e. The first-order valence-corrected chi connectivity index (χ1v) is 4.01. The van der Waals surface area contributed by atoms with Gasteiger partial charge in [0.2, 0.25) is 0 Å². The van der Waals surface area contributed by atoms with Gasteiger partial charge in [0.05, 0.1) is 6.61 Å². The topological polar surface area (TPSA) is 20.2 Å². The summed E-state index contributed by atoms with van der Waals surface area (Å²) < 4.78 is 13.1. The number of benzene rings is 1. The largest absolute Gasteiger partial charge is 0.392 e. The molecule has 0 aliphatic rings. The highest BCUT2D eigenvalue weighted by Crippen LogP contribution is 2.16. The summed E-state index contributed by atoms with van der Waals surface area (Å²) in [5.41, 5.74) is 1.18. The van der Waals surface area contributed by atoms with Crippen LogP contribution in [0, 0.1) is 12.2 Å². The van der Waals surface area contributed by atoms with Crippen LogP contribution in [0.2, 0.25) is 0 Å². The number of aliphatic hydroxyl groups excluding tert-OH is 1. The van der Waals surface area contributed by atoms with E-state index in [-0.39, 0.29) is 12.4 Å². The van der Waals surface area contributed by atoms with Gasteiger partial charge in [-0.3, -0.25) is 0 Å². The number of aliphatic hydroxyl groups is 1. The molecule has 0 saturated carbocycles. The zero-order valence-electron chi connectivity index (χ0n) is 7.05. The molecule has 1 radical (unpaired) electrons. The van der Waals surface area contributed by atoms with Crippen molar-refractivity contribution in [3.05, 3.63) is 41.6 Å². The van der Waals surface area contributed by atoms with Gasteiger partial charge in [-0.2, -0.15) is 0 Å². The van der Waals surface area contributed by atoms with Gasteiger partial charge in [-0.05, 0) is 30.0 Å². The fourth-order valence-electron chi connectivity index (χ4n) is 1.15. The molecule has 65 valence electrons. The zero-order valence-corrected chi connectivity index (χ0v) is 7.05. The van der Waals surface area contributed by atoms with Gasteiger partial charge >= 0.3 is 0 Å². The molecule has 0 aliphatic carbocycles. The van der Waals surface area contributed by atoms with Gasteiger partial charge in [0.1, 0.15) is 5.82 Å². The number of hydrogen-bond donors (Lipinski definition) is 1. The summed E-state index contributed by atoms with van der Waals surface area (Å²) in [7, 11) is 0. The van der Waals surface area contributed by atoms with Crippen LogP contribution >= 0.6 is 0 Å². The molecule has 0 heterocycles. The lowest BCUT2D eigenvalue weighted by Crippen LogP contribution is -1.95. The Morgan fingerprint density at radius 2 is 2.25 bits per heavy atom. The minimum Gasteiger partial charge on any atom is -0.392 e. The lowest BCUT2D eigenvalue weighted by atomic mass is 10.0. The van der Waals surface area contributed by atoms with Gasteiger partial charge in [-0.1, -0.05) is 19.1 Å². The molecule has 0 saturated heterocycles. The first kappa shape index (κ1) is 9.20. The summed E-state index contributed by atoms with van der Waals surface area (Å²) in [5, 5.41) is 8.88. The number of hydrogen-bond acceptors (Lipinski definition) is 1. The second-order valence-corrected chi connectivity index (χ2v) is 2.58. The molecule has 1 nitrogen and oxygen atoms in total. The third-order valence-corrected chi connectivity index (χ3v) is 1.72. The average molecular weight is 167 g/mol. The molecule has 0 bridgehead atoms. The summed E-state index contributed by atoms with van der Waals surface area (Å²) in [4.78, 5) is 0. The molecular weight excluding hydrogens is 155 g/mol. The fourth-order valence-corrected chi connectivity index (χ4v) is 1.15. The fraction of sp³-hybridized carbons (Fsp3) is 0.300. The van der Waals surface area contributed by atoms with Crippen LogP contribution in [0.1, 0.15) is 24.5 Å². The maximum Gasteiger partial charge on any atom is 0.127 e. The Hall–Kier alpha value is -0.890. The average Bonchev–Trinajstić information content (AvgIpc) is 2.09. The Morgan fingerprint density at radius 1 is 1.50 bits per heavy atom. The van der Waals surface area contributed by atoms with E-state index in [1.165, 1.54) is 6.07 Å². The van der Waals surface area contributed by atoms with Crippen LogP contribution in [0.15, 0.2) is 18.2 Å². The highest BCUT2D eigenvalue weighted by molar-refractivity contribution is 5.33. The Labute approximate surface area is 71.9 Å². The summed E-state index contributed by atoms with van der Waals surface area (Å²) >= 11 is 0. The van der Waals surface area contributed by atoms with Crippen molar-refractivity contribution >= 4 is 0 Å². The second-order valence-electron chi connectivity index (χ2n) is 2.58. The lowest BCUT2D eigenvalue weighted by molar-refractivity contribution is 0.280. The molecule has 1 N–H and O–H groups in total. The molecule has 1 aromatic rings. The van der Waals surface area contributed by atoms with Crippen LogP contribution in [0.3, 0.4) is 0 Å². The molecule has 12 heavy (non-hydrogen) atoms. The highest BCUT2D eigenvalue weighted by Gasteiger charge is 2.05. The maximum atomic E-state index is 13.1. The predicted octanol–water partition coefficient (Wildman–Crippen LogP) is 2.28. The van der Waals surface area contributed by atoms with Crippen LogP contribution in [0.25, 0.3) is 0 Å². The maximum absolute atomic E-state index is 13.1. The molecule has 0 amide bonds.